The van der Waals surface area contributed by atoms with Crippen LogP contribution in [0.4, 0.5) is 13.6 Å². The van der Waals surface area contributed by atoms with Crippen molar-refractivity contribution in [2.24, 2.45) is 0 Å². The second-order valence-electron chi connectivity index (χ2n) is 9.37. The first-order valence-corrected chi connectivity index (χ1v) is 11.9. The number of fused-ring (bicyclic) bond motifs is 5. The maximum Gasteiger partial charge on any atom is 0.410 e. The second kappa shape index (κ2) is 8.52. The molecule has 6 heteroatoms. The van der Waals surface area contributed by atoms with E-state index < -0.39 is 11.6 Å². The highest BCUT2D eigenvalue weighted by Crippen LogP contribution is 2.45. The van der Waals surface area contributed by atoms with E-state index in [2.05, 4.69) is 24.3 Å². The van der Waals surface area contributed by atoms with Crippen molar-refractivity contribution in [3.8, 4) is 16.9 Å². The highest BCUT2D eigenvalue weighted by Gasteiger charge is 2.42. The summed E-state index contributed by atoms with van der Waals surface area (Å²) in [7, 11) is 1.38. The molecule has 3 aliphatic rings. The van der Waals surface area contributed by atoms with E-state index in [0.717, 1.165) is 24.5 Å². The van der Waals surface area contributed by atoms with Crippen molar-refractivity contribution in [2.45, 2.75) is 37.3 Å². The van der Waals surface area contributed by atoms with Crippen LogP contribution in [0.15, 0.2) is 66.7 Å². The summed E-state index contributed by atoms with van der Waals surface area (Å²) < 4.78 is 39.3. The summed E-state index contributed by atoms with van der Waals surface area (Å²) >= 11 is 0. The predicted molar refractivity (Wildman–Crippen MR) is 129 cm³/mol. The quantitative estimate of drug-likeness (QED) is 0.432. The largest absolute Gasteiger partial charge is 0.493 e. The molecule has 178 valence electrons. The third-order valence-electron chi connectivity index (χ3n) is 7.50. The molecule has 0 N–H and O–H groups in total. The van der Waals surface area contributed by atoms with E-state index in [1.807, 2.05) is 30.3 Å². The Morgan fingerprint density at radius 2 is 1.66 bits per heavy atom. The van der Waals surface area contributed by atoms with Gasteiger partial charge in [-0.2, -0.15) is 0 Å². The van der Waals surface area contributed by atoms with Gasteiger partial charge in [0, 0.05) is 23.6 Å². The molecule has 4 nitrogen and oxygen atoms in total. The predicted octanol–water partition coefficient (Wildman–Crippen LogP) is 6.54. The molecule has 1 fully saturated rings. The Morgan fingerprint density at radius 1 is 0.971 bits per heavy atom. The van der Waals surface area contributed by atoms with Crippen LogP contribution in [0.3, 0.4) is 0 Å². The van der Waals surface area contributed by atoms with E-state index in [1.165, 1.54) is 35.4 Å². The van der Waals surface area contributed by atoms with Gasteiger partial charge in [0.15, 0.2) is 11.6 Å². The second-order valence-corrected chi connectivity index (χ2v) is 9.37. The van der Waals surface area contributed by atoms with Crippen LogP contribution < -0.4 is 4.74 Å². The first kappa shape index (κ1) is 21.8. The van der Waals surface area contributed by atoms with Crippen molar-refractivity contribution in [1.82, 2.24) is 4.90 Å². The van der Waals surface area contributed by atoms with Crippen LogP contribution in [0.1, 0.15) is 41.9 Å². The molecule has 0 radical (unpaired) electrons. The van der Waals surface area contributed by atoms with Gasteiger partial charge in [0.05, 0.1) is 13.2 Å². The summed E-state index contributed by atoms with van der Waals surface area (Å²) in [6.45, 7) is 0.266. The van der Waals surface area contributed by atoms with Crippen LogP contribution in [0, 0.1) is 11.6 Å². The van der Waals surface area contributed by atoms with Crippen LogP contribution in [0.2, 0.25) is 0 Å². The lowest BCUT2D eigenvalue weighted by Crippen LogP contribution is -2.43. The van der Waals surface area contributed by atoms with Gasteiger partial charge in [-0.3, -0.25) is 4.90 Å². The van der Waals surface area contributed by atoms with E-state index in [4.69, 9.17) is 9.47 Å². The summed E-state index contributed by atoms with van der Waals surface area (Å²) in [6.07, 6.45) is 3.70. The molecule has 1 saturated heterocycles. The number of benzene rings is 3. The number of halogens is 2. The minimum absolute atomic E-state index is 0.000531. The SMILES string of the molecule is COc1c(F)cc(F)cc1C1=CC2CCC(C1)N2C(=O)OCC1c2ccccc2-c2ccccc21. The zero-order valence-electron chi connectivity index (χ0n) is 19.3. The fourth-order valence-corrected chi connectivity index (χ4v) is 5.99. The van der Waals surface area contributed by atoms with Gasteiger partial charge in [0.2, 0.25) is 0 Å². The van der Waals surface area contributed by atoms with E-state index in [1.54, 1.807) is 4.90 Å². The summed E-state index contributed by atoms with van der Waals surface area (Å²) in [5.74, 6) is -1.34. The van der Waals surface area contributed by atoms with Crippen LogP contribution in [0.25, 0.3) is 16.7 Å². The molecular formula is C29H25F2NO3. The molecule has 2 unspecified atom stereocenters. The average Bonchev–Trinajstić information content (AvgIpc) is 3.32. The van der Waals surface area contributed by atoms with E-state index >= 15 is 0 Å². The number of rotatable bonds is 4. The van der Waals surface area contributed by atoms with Crippen molar-refractivity contribution in [2.75, 3.05) is 13.7 Å². The molecule has 2 heterocycles. The number of ether oxygens (including phenoxy) is 2. The molecule has 1 amide bonds. The Kier molecular flexibility index (Phi) is 5.32. The van der Waals surface area contributed by atoms with Crippen LogP contribution in [-0.4, -0.2) is 36.8 Å². The smallest absolute Gasteiger partial charge is 0.410 e. The highest BCUT2D eigenvalue weighted by atomic mass is 19.1. The Morgan fingerprint density at radius 3 is 2.31 bits per heavy atom. The van der Waals surface area contributed by atoms with Crippen molar-refractivity contribution >= 4 is 11.7 Å². The van der Waals surface area contributed by atoms with Crippen LogP contribution in [-0.2, 0) is 4.74 Å². The zero-order chi connectivity index (χ0) is 24.1. The summed E-state index contributed by atoms with van der Waals surface area (Å²) in [6, 6.07) is 18.4. The molecule has 0 saturated carbocycles. The normalized spacial score (nSPS) is 20.3. The minimum atomic E-state index is -0.727. The minimum Gasteiger partial charge on any atom is -0.493 e. The lowest BCUT2D eigenvalue weighted by Gasteiger charge is -2.34. The summed E-state index contributed by atoms with van der Waals surface area (Å²) in [4.78, 5) is 15.0. The fourth-order valence-electron chi connectivity index (χ4n) is 5.99. The Bertz CT molecular complexity index is 1310. The number of hydrogen-bond donors (Lipinski definition) is 0. The lowest BCUT2D eigenvalue weighted by atomic mass is 9.94. The standard InChI is InChI=1S/C29H25F2NO3/c1-34-28-25(14-18(30)15-27(28)31)17-12-19-10-11-20(13-17)32(19)29(33)35-16-26-23-8-4-2-6-21(23)22-7-3-5-9-24(22)26/h2-9,12,14-15,19-20,26H,10-11,13,16H2,1H3. The van der Waals surface area contributed by atoms with Gasteiger partial charge in [-0.05, 0) is 53.2 Å². The van der Waals surface area contributed by atoms with Crippen molar-refractivity contribution in [3.63, 3.8) is 0 Å². The topological polar surface area (TPSA) is 38.8 Å². The summed E-state index contributed by atoms with van der Waals surface area (Å²) in [5, 5.41) is 0. The van der Waals surface area contributed by atoms with E-state index in [0.29, 0.717) is 12.0 Å². The molecule has 35 heavy (non-hydrogen) atoms. The van der Waals surface area contributed by atoms with Gasteiger partial charge < -0.3 is 9.47 Å². The van der Waals surface area contributed by atoms with Crippen LogP contribution in [0.5, 0.6) is 5.75 Å². The molecule has 3 aromatic carbocycles. The molecule has 2 bridgehead atoms. The van der Waals surface area contributed by atoms with Crippen LogP contribution >= 0.6 is 0 Å². The molecule has 1 aliphatic carbocycles. The number of carbonyl (C=O) groups excluding carboxylic acids is 1. The van der Waals surface area contributed by atoms with E-state index in [-0.39, 0.29) is 36.5 Å². The third-order valence-corrected chi connectivity index (χ3v) is 7.50. The number of hydrogen-bond acceptors (Lipinski definition) is 3. The van der Waals surface area contributed by atoms with Crippen molar-refractivity contribution < 1.29 is 23.0 Å². The van der Waals surface area contributed by atoms with Gasteiger partial charge in [-0.15, -0.1) is 0 Å². The van der Waals surface area contributed by atoms with Gasteiger partial charge in [-0.1, -0.05) is 54.6 Å². The van der Waals surface area contributed by atoms with Gasteiger partial charge >= 0.3 is 6.09 Å². The zero-order valence-corrected chi connectivity index (χ0v) is 19.3. The first-order chi connectivity index (χ1) is 17.0. The van der Waals surface area contributed by atoms with Crippen molar-refractivity contribution in [3.05, 3.63) is 95.1 Å². The molecule has 6 rings (SSSR count). The average molecular weight is 474 g/mol. The molecule has 3 aromatic rings. The lowest BCUT2D eigenvalue weighted by molar-refractivity contribution is 0.0866. The number of carbonyl (C=O) groups is 1. The third kappa shape index (κ3) is 3.59. The number of amides is 1. The maximum absolute atomic E-state index is 14.3. The number of methoxy groups -OCH3 is 1. The molecule has 2 aliphatic heterocycles. The van der Waals surface area contributed by atoms with E-state index in [9.17, 15) is 13.6 Å². The van der Waals surface area contributed by atoms with Gasteiger partial charge in [-0.25, -0.2) is 13.6 Å². The molecule has 2 atom stereocenters. The van der Waals surface area contributed by atoms with Crippen molar-refractivity contribution in [1.29, 1.82) is 0 Å². The first-order valence-electron chi connectivity index (χ1n) is 11.9. The molecule has 0 spiro atoms. The molecule has 0 aromatic heterocycles. The summed E-state index contributed by atoms with van der Waals surface area (Å²) in [5.41, 5.74) is 5.93. The Labute approximate surface area is 202 Å². The molecular weight excluding hydrogens is 448 g/mol. The monoisotopic (exact) mass is 473 g/mol. The van der Waals surface area contributed by atoms with Gasteiger partial charge in [0.25, 0.3) is 0 Å². The Hall–Kier alpha value is -3.67. The van der Waals surface area contributed by atoms with Gasteiger partial charge in [0.1, 0.15) is 12.4 Å². The fraction of sp³-hybridized carbons (Fsp3) is 0.276. The Balaban J connectivity index is 1.22. The number of nitrogens with zero attached hydrogens (tertiary/aromatic N) is 1. The maximum atomic E-state index is 14.3. The highest BCUT2D eigenvalue weighted by molar-refractivity contribution is 5.80.